The quantitative estimate of drug-likeness (QED) is 0.854. The van der Waals surface area contributed by atoms with Gasteiger partial charge in [-0.25, -0.2) is 4.39 Å². The van der Waals surface area contributed by atoms with Gasteiger partial charge in [-0.05, 0) is 11.6 Å². The van der Waals surface area contributed by atoms with Crippen molar-refractivity contribution in [1.82, 2.24) is 0 Å². The maximum atomic E-state index is 13.9. The fourth-order valence-corrected chi connectivity index (χ4v) is 2.92. The molecule has 0 spiro atoms. The maximum absolute atomic E-state index is 13.9. The molecule has 118 valence electrons. The van der Waals surface area contributed by atoms with E-state index in [4.69, 9.17) is 14.3 Å². The van der Waals surface area contributed by atoms with E-state index in [2.05, 4.69) is 5.16 Å². The van der Waals surface area contributed by atoms with E-state index in [1.165, 1.54) is 6.07 Å². The summed E-state index contributed by atoms with van der Waals surface area (Å²) in [6.07, 6.45) is -0.926. The smallest absolute Gasteiger partial charge is 0.186 e. The van der Waals surface area contributed by atoms with Gasteiger partial charge in [0.25, 0.3) is 0 Å². The molecular formula is C18H16FNO3. The molecule has 0 bridgehead atoms. The first kappa shape index (κ1) is 14.4. The minimum Gasteiger partial charge on any atom is -0.389 e. The maximum Gasteiger partial charge on any atom is 0.186 e. The summed E-state index contributed by atoms with van der Waals surface area (Å²) in [5, 5.41) is 4.19. The van der Waals surface area contributed by atoms with Crippen molar-refractivity contribution in [2.45, 2.75) is 12.4 Å². The number of fused-ring (bicyclic) bond motifs is 1. The normalized spacial score (nSPS) is 26.8. The number of benzene rings is 2. The molecule has 0 unspecified atom stereocenters. The Kier molecular flexibility index (Phi) is 3.81. The first-order valence-electron chi connectivity index (χ1n) is 7.59. The van der Waals surface area contributed by atoms with Crippen LogP contribution in [0.4, 0.5) is 4.39 Å². The van der Waals surface area contributed by atoms with E-state index in [1.807, 2.05) is 30.3 Å². The van der Waals surface area contributed by atoms with Crippen LogP contribution >= 0.6 is 0 Å². The number of oxime groups is 1. The molecule has 2 aromatic carbocycles. The van der Waals surface area contributed by atoms with Crippen molar-refractivity contribution < 1.29 is 18.7 Å². The van der Waals surface area contributed by atoms with Gasteiger partial charge >= 0.3 is 0 Å². The van der Waals surface area contributed by atoms with Gasteiger partial charge in [-0.15, -0.1) is 0 Å². The van der Waals surface area contributed by atoms with E-state index in [-0.39, 0.29) is 17.8 Å². The molecule has 23 heavy (non-hydrogen) atoms. The lowest BCUT2D eigenvalue weighted by atomic mass is 9.93. The van der Waals surface area contributed by atoms with Gasteiger partial charge in [0.05, 0.1) is 24.8 Å². The molecule has 2 aliphatic heterocycles. The van der Waals surface area contributed by atoms with Crippen LogP contribution in [0.3, 0.4) is 0 Å². The predicted molar refractivity (Wildman–Crippen MR) is 82.4 cm³/mol. The van der Waals surface area contributed by atoms with Crippen LogP contribution in [0.5, 0.6) is 0 Å². The van der Waals surface area contributed by atoms with Crippen molar-refractivity contribution >= 4 is 5.71 Å². The molecule has 5 heteroatoms. The molecule has 2 heterocycles. The molecule has 1 saturated heterocycles. The number of hydrogen-bond donors (Lipinski definition) is 0. The van der Waals surface area contributed by atoms with E-state index in [0.29, 0.717) is 18.8 Å². The summed E-state index contributed by atoms with van der Waals surface area (Å²) in [5.74, 6) is -0.350. The molecule has 0 N–H and O–H groups in total. The Morgan fingerprint density at radius 2 is 1.65 bits per heavy atom. The summed E-state index contributed by atoms with van der Waals surface area (Å²) in [4.78, 5) is 5.51. The highest BCUT2D eigenvalue weighted by molar-refractivity contribution is 6.03. The van der Waals surface area contributed by atoms with Gasteiger partial charge in [-0.3, -0.25) is 0 Å². The van der Waals surface area contributed by atoms with Crippen LogP contribution in [-0.4, -0.2) is 25.0 Å². The van der Waals surface area contributed by atoms with Crippen LogP contribution in [0.1, 0.15) is 17.4 Å². The predicted octanol–water partition coefficient (Wildman–Crippen LogP) is 3.29. The lowest BCUT2D eigenvalue weighted by molar-refractivity contribution is -0.140. The van der Waals surface area contributed by atoms with Gasteiger partial charge in [0, 0.05) is 5.56 Å². The second kappa shape index (κ2) is 6.10. The zero-order chi connectivity index (χ0) is 15.6. The van der Waals surface area contributed by atoms with Crippen molar-refractivity contribution in [1.29, 1.82) is 0 Å². The van der Waals surface area contributed by atoms with Gasteiger partial charge < -0.3 is 14.3 Å². The van der Waals surface area contributed by atoms with Gasteiger partial charge in [-0.1, -0.05) is 53.7 Å². The lowest BCUT2D eigenvalue weighted by Crippen LogP contribution is -2.29. The molecule has 2 aliphatic rings. The average molecular weight is 313 g/mol. The van der Waals surface area contributed by atoms with Crippen LogP contribution in [-0.2, 0) is 14.3 Å². The fourth-order valence-electron chi connectivity index (χ4n) is 2.92. The zero-order valence-corrected chi connectivity index (χ0v) is 12.4. The molecule has 0 amide bonds. The number of rotatable bonds is 2. The number of halogens is 1. The summed E-state index contributed by atoms with van der Waals surface area (Å²) < 4.78 is 25.4. The van der Waals surface area contributed by atoms with E-state index >= 15 is 0 Å². The Bertz CT molecular complexity index is 719. The number of nitrogens with zero attached hydrogens (tertiary/aromatic N) is 1. The third-order valence-electron chi connectivity index (χ3n) is 4.15. The van der Waals surface area contributed by atoms with Crippen molar-refractivity contribution in [3.63, 3.8) is 0 Å². The second-order valence-corrected chi connectivity index (χ2v) is 5.61. The Morgan fingerprint density at radius 1 is 0.913 bits per heavy atom. The van der Waals surface area contributed by atoms with E-state index in [9.17, 15) is 4.39 Å². The monoisotopic (exact) mass is 313 g/mol. The molecule has 0 saturated carbocycles. The third-order valence-corrected chi connectivity index (χ3v) is 4.15. The van der Waals surface area contributed by atoms with Crippen LogP contribution in [0.25, 0.3) is 0 Å². The Balaban J connectivity index is 1.54. The minimum absolute atomic E-state index is 0.0193. The van der Waals surface area contributed by atoms with Crippen LogP contribution in [0.15, 0.2) is 59.8 Å². The highest BCUT2D eigenvalue weighted by Crippen LogP contribution is 2.32. The van der Waals surface area contributed by atoms with Crippen LogP contribution in [0.2, 0.25) is 0 Å². The van der Waals surface area contributed by atoms with Crippen LogP contribution in [0, 0.1) is 11.7 Å². The minimum atomic E-state index is -0.720. The summed E-state index contributed by atoms with van der Waals surface area (Å²) >= 11 is 0. The van der Waals surface area contributed by atoms with Gasteiger partial charge in [0.15, 0.2) is 12.4 Å². The topological polar surface area (TPSA) is 40.0 Å². The largest absolute Gasteiger partial charge is 0.389 e. The summed E-state index contributed by atoms with van der Waals surface area (Å²) in [6, 6.07) is 16.4. The van der Waals surface area contributed by atoms with Gasteiger partial charge in [0.2, 0.25) is 0 Å². The van der Waals surface area contributed by atoms with Gasteiger partial charge in [-0.2, -0.15) is 0 Å². The van der Waals surface area contributed by atoms with E-state index in [0.717, 1.165) is 11.3 Å². The highest BCUT2D eigenvalue weighted by Gasteiger charge is 2.39. The lowest BCUT2D eigenvalue weighted by Gasteiger charge is -2.16. The summed E-state index contributed by atoms with van der Waals surface area (Å²) in [5.41, 5.74) is 2.27. The van der Waals surface area contributed by atoms with Crippen molar-refractivity contribution in [2.75, 3.05) is 13.2 Å². The molecule has 2 aromatic rings. The zero-order valence-electron chi connectivity index (χ0n) is 12.4. The SMILES string of the molecule is Fc1ccccc1[C@H]1OC[C@@H]2C(c3ccccc3)=NO[C@@H]2CO1. The molecule has 1 fully saturated rings. The summed E-state index contributed by atoms with van der Waals surface area (Å²) in [6.45, 7) is 0.681. The molecule has 0 aromatic heterocycles. The molecule has 4 rings (SSSR count). The number of hydrogen-bond acceptors (Lipinski definition) is 4. The summed E-state index contributed by atoms with van der Waals surface area (Å²) in [7, 11) is 0. The highest BCUT2D eigenvalue weighted by atomic mass is 19.1. The third kappa shape index (κ3) is 2.73. The van der Waals surface area contributed by atoms with Crippen LogP contribution < -0.4 is 0 Å². The van der Waals surface area contributed by atoms with Crippen molar-refractivity contribution in [2.24, 2.45) is 11.1 Å². The van der Waals surface area contributed by atoms with E-state index < -0.39 is 6.29 Å². The number of ether oxygens (including phenoxy) is 2. The molecule has 0 radical (unpaired) electrons. The first-order chi connectivity index (χ1) is 11.3. The molecule has 0 aliphatic carbocycles. The Morgan fingerprint density at radius 3 is 2.48 bits per heavy atom. The fraction of sp³-hybridized carbons (Fsp3) is 0.278. The van der Waals surface area contributed by atoms with Crippen molar-refractivity contribution in [3.05, 3.63) is 71.5 Å². The standard InChI is InChI=1S/C18H16FNO3/c19-15-9-5-4-8-13(15)18-21-10-14-16(11-22-18)23-20-17(14)12-6-2-1-3-7-12/h1-9,14,16,18H,10-11H2/t14-,16+,18-/m0/s1. The average Bonchev–Trinajstić information content (AvgIpc) is 2.88. The van der Waals surface area contributed by atoms with Crippen molar-refractivity contribution in [3.8, 4) is 0 Å². The molecule has 3 atom stereocenters. The second-order valence-electron chi connectivity index (χ2n) is 5.61. The molecule has 4 nitrogen and oxygen atoms in total. The molecular weight excluding hydrogens is 297 g/mol. The Hall–Kier alpha value is -2.24. The van der Waals surface area contributed by atoms with E-state index in [1.54, 1.807) is 18.2 Å². The first-order valence-corrected chi connectivity index (χ1v) is 7.59. The van der Waals surface area contributed by atoms with Gasteiger partial charge in [0.1, 0.15) is 5.82 Å². The Labute approximate surface area is 133 Å².